The number of sulfone groups is 1. The van der Waals surface area contributed by atoms with E-state index >= 15 is 0 Å². The number of anilines is 1. The number of benzene rings is 2. The molecular weight excluding hydrogens is 386 g/mol. The summed E-state index contributed by atoms with van der Waals surface area (Å²) in [5, 5.41) is 7.55. The first kappa shape index (κ1) is 19.4. The standard InChI is InChI=1S/C22H23N3O3S/c1-3-17(16-10-5-4-6-11-16)22(26)23-21-18-13-29(27,28)14-19(18)24-25(21)20-12-8-7-9-15(20)2/h4-12,17H,3,13-14H2,1-2H3,(H,23,26). The first-order valence-corrected chi connectivity index (χ1v) is 11.4. The van der Waals surface area contributed by atoms with Crippen LogP contribution >= 0.6 is 0 Å². The number of fused-ring (bicyclic) bond motifs is 1. The fraction of sp³-hybridized carbons (Fsp3) is 0.273. The van der Waals surface area contributed by atoms with Gasteiger partial charge in [-0.1, -0.05) is 55.5 Å². The number of hydrogen-bond donors (Lipinski definition) is 1. The molecule has 0 bridgehead atoms. The van der Waals surface area contributed by atoms with Gasteiger partial charge in [0.25, 0.3) is 0 Å². The molecule has 1 amide bonds. The Kier molecular flexibility index (Phi) is 5.00. The molecule has 7 heteroatoms. The third-order valence-electron chi connectivity index (χ3n) is 5.30. The van der Waals surface area contributed by atoms with Crippen LogP contribution in [0.4, 0.5) is 5.82 Å². The fourth-order valence-electron chi connectivity index (χ4n) is 3.81. The molecule has 0 fully saturated rings. The van der Waals surface area contributed by atoms with Crippen LogP contribution in [0.5, 0.6) is 0 Å². The van der Waals surface area contributed by atoms with Crippen LogP contribution < -0.4 is 5.32 Å². The number of amides is 1. The molecule has 0 saturated heterocycles. The molecule has 4 rings (SSSR count). The molecule has 0 radical (unpaired) electrons. The normalized spacial score (nSPS) is 15.7. The number of nitrogens with zero attached hydrogens (tertiary/aromatic N) is 2. The van der Waals surface area contributed by atoms with Gasteiger partial charge < -0.3 is 5.32 Å². The van der Waals surface area contributed by atoms with E-state index in [0.29, 0.717) is 23.5 Å². The summed E-state index contributed by atoms with van der Waals surface area (Å²) in [5.74, 6) is -0.244. The SMILES string of the molecule is CCC(C(=O)Nc1c2c(nn1-c1ccccc1C)CS(=O)(=O)C2)c1ccccc1. The molecule has 1 aliphatic rings. The minimum Gasteiger partial charge on any atom is -0.310 e. The molecule has 0 spiro atoms. The molecule has 0 aliphatic carbocycles. The van der Waals surface area contributed by atoms with Crippen LogP contribution in [0, 0.1) is 6.92 Å². The third-order valence-corrected chi connectivity index (χ3v) is 6.74. The summed E-state index contributed by atoms with van der Waals surface area (Å²) >= 11 is 0. The van der Waals surface area contributed by atoms with Crippen molar-refractivity contribution in [3.63, 3.8) is 0 Å². The van der Waals surface area contributed by atoms with Crippen molar-refractivity contribution in [3.05, 3.63) is 77.0 Å². The first-order chi connectivity index (χ1) is 13.9. The number of aromatic nitrogens is 2. The van der Waals surface area contributed by atoms with Gasteiger partial charge in [0.1, 0.15) is 5.82 Å². The zero-order valence-corrected chi connectivity index (χ0v) is 17.2. The molecule has 1 aliphatic heterocycles. The number of nitrogens with one attached hydrogen (secondary N) is 1. The largest absolute Gasteiger partial charge is 0.310 e. The Morgan fingerprint density at radius 3 is 2.48 bits per heavy atom. The highest BCUT2D eigenvalue weighted by Gasteiger charge is 2.34. The lowest BCUT2D eigenvalue weighted by Gasteiger charge is -2.18. The molecule has 150 valence electrons. The molecule has 6 nitrogen and oxygen atoms in total. The average Bonchev–Trinajstić information content (AvgIpc) is 3.16. The van der Waals surface area contributed by atoms with Crippen LogP contribution in [-0.2, 0) is 26.1 Å². The van der Waals surface area contributed by atoms with Gasteiger partial charge in [-0.25, -0.2) is 13.1 Å². The van der Waals surface area contributed by atoms with Crippen LogP contribution in [0.25, 0.3) is 5.69 Å². The van der Waals surface area contributed by atoms with Crippen LogP contribution in [0.3, 0.4) is 0 Å². The number of hydrogen-bond acceptors (Lipinski definition) is 4. The summed E-state index contributed by atoms with van der Waals surface area (Å²) in [5.41, 5.74) is 3.84. The van der Waals surface area contributed by atoms with Gasteiger partial charge in [-0.3, -0.25) is 4.79 Å². The monoisotopic (exact) mass is 409 g/mol. The maximum absolute atomic E-state index is 13.2. The molecule has 1 aromatic heterocycles. The molecule has 2 heterocycles. The Balaban J connectivity index is 1.76. The lowest BCUT2D eigenvalue weighted by atomic mass is 9.95. The van der Waals surface area contributed by atoms with Crippen molar-refractivity contribution in [1.29, 1.82) is 0 Å². The van der Waals surface area contributed by atoms with Crippen molar-refractivity contribution in [2.45, 2.75) is 37.7 Å². The van der Waals surface area contributed by atoms with E-state index in [1.165, 1.54) is 0 Å². The van der Waals surface area contributed by atoms with Gasteiger partial charge in [0.2, 0.25) is 5.91 Å². The summed E-state index contributed by atoms with van der Waals surface area (Å²) < 4.78 is 26.0. The van der Waals surface area contributed by atoms with Gasteiger partial charge in [-0.05, 0) is 30.5 Å². The van der Waals surface area contributed by atoms with Gasteiger partial charge >= 0.3 is 0 Å². The lowest BCUT2D eigenvalue weighted by molar-refractivity contribution is -0.117. The van der Waals surface area contributed by atoms with Gasteiger partial charge in [0.05, 0.1) is 28.8 Å². The van der Waals surface area contributed by atoms with E-state index in [1.807, 2.05) is 68.4 Å². The first-order valence-electron chi connectivity index (χ1n) is 9.62. The number of aryl methyl sites for hydroxylation is 1. The van der Waals surface area contributed by atoms with Crippen molar-refractivity contribution in [2.75, 3.05) is 5.32 Å². The third kappa shape index (κ3) is 3.70. The summed E-state index contributed by atoms with van der Waals surface area (Å²) in [6.45, 7) is 3.92. The predicted molar refractivity (Wildman–Crippen MR) is 113 cm³/mol. The van der Waals surface area contributed by atoms with Crippen molar-refractivity contribution in [3.8, 4) is 5.69 Å². The van der Waals surface area contributed by atoms with Gasteiger partial charge in [0, 0.05) is 5.56 Å². The summed E-state index contributed by atoms with van der Waals surface area (Å²) in [6.07, 6.45) is 0.634. The fourth-order valence-corrected chi connectivity index (χ4v) is 5.30. The minimum atomic E-state index is -3.23. The molecule has 29 heavy (non-hydrogen) atoms. The second-order valence-electron chi connectivity index (χ2n) is 7.37. The van der Waals surface area contributed by atoms with Crippen LogP contribution in [0.1, 0.15) is 41.6 Å². The number of para-hydroxylation sites is 1. The summed E-state index contributed by atoms with van der Waals surface area (Å²) in [4.78, 5) is 13.2. The Morgan fingerprint density at radius 1 is 1.10 bits per heavy atom. The smallest absolute Gasteiger partial charge is 0.233 e. The van der Waals surface area contributed by atoms with Crippen molar-refractivity contribution in [1.82, 2.24) is 9.78 Å². The number of carbonyl (C=O) groups excluding carboxylic acids is 1. The summed E-state index contributed by atoms with van der Waals surface area (Å²) in [7, 11) is -3.23. The second-order valence-corrected chi connectivity index (χ2v) is 9.43. The van der Waals surface area contributed by atoms with E-state index in [-0.39, 0.29) is 23.3 Å². The molecule has 3 aromatic rings. The molecule has 0 saturated carbocycles. The van der Waals surface area contributed by atoms with Crippen LogP contribution in [0.15, 0.2) is 54.6 Å². The highest BCUT2D eigenvalue weighted by Crippen LogP contribution is 2.34. The zero-order chi connectivity index (χ0) is 20.6. The maximum atomic E-state index is 13.2. The van der Waals surface area contributed by atoms with Crippen molar-refractivity contribution >= 4 is 21.6 Å². The molecule has 2 aromatic carbocycles. The Morgan fingerprint density at radius 2 is 1.79 bits per heavy atom. The van der Waals surface area contributed by atoms with Crippen LogP contribution in [-0.4, -0.2) is 24.1 Å². The minimum absolute atomic E-state index is 0.0972. The Hall–Kier alpha value is -2.93. The van der Waals surface area contributed by atoms with Crippen molar-refractivity contribution < 1.29 is 13.2 Å². The Bertz CT molecular complexity index is 1170. The highest BCUT2D eigenvalue weighted by molar-refractivity contribution is 7.90. The number of rotatable bonds is 5. The quantitative estimate of drug-likeness (QED) is 0.696. The van der Waals surface area contributed by atoms with E-state index < -0.39 is 9.84 Å². The Labute approximate surface area is 170 Å². The topological polar surface area (TPSA) is 81.1 Å². The lowest BCUT2D eigenvalue weighted by Crippen LogP contribution is -2.23. The van der Waals surface area contributed by atoms with E-state index in [9.17, 15) is 13.2 Å². The highest BCUT2D eigenvalue weighted by atomic mass is 32.2. The van der Waals surface area contributed by atoms with E-state index in [0.717, 1.165) is 16.8 Å². The molecule has 1 unspecified atom stereocenters. The average molecular weight is 410 g/mol. The number of carbonyl (C=O) groups is 1. The second kappa shape index (κ2) is 7.48. The van der Waals surface area contributed by atoms with Crippen LogP contribution in [0.2, 0.25) is 0 Å². The molecular formula is C22H23N3O3S. The van der Waals surface area contributed by atoms with E-state index in [4.69, 9.17) is 0 Å². The summed E-state index contributed by atoms with van der Waals surface area (Å²) in [6, 6.07) is 17.3. The van der Waals surface area contributed by atoms with Gasteiger partial charge in [-0.15, -0.1) is 0 Å². The van der Waals surface area contributed by atoms with Gasteiger partial charge in [0.15, 0.2) is 9.84 Å². The van der Waals surface area contributed by atoms with E-state index in [2.05, 4.69) is 10.4 Å². The molecule has 1 atom stereocenters. The predicted octanol–water partition coefficient (Wildman–Crippen LogP) is 3.74. The van der Waals surface area contributed by atoms with Crippen molar-refractivity contribution in [2.24, 2.45) is 0 Å². The molecule has 1 N–H and O–H groups in total. The maximum Gasteiger partial charge on any atom is 0.233 e. The zero-order valence-electron chi connectivity index (χ0n) is 16.4. The van der Waals surface area contributed by atoms with Gasteiger partial charge in [-0.2, -0.15) is 5.10 Å². The van der Waals surface area contributed by atoms with E-state index in [1.54, 1.807) is 4.68 Å².